The van der Waals surface area contributed by atoms with Gasteiger partial charge < -0.3 is 9.32 Å². The maximum absolute atomic E-state index is 6.25. The van der Waals surface area contributed by atoms with Crippen LogP contribution in [0.15, 0.2) is 180 Å². The number of para-hydroxylation sites is 1. The van der Waals surface area contributed by atoms with Crippen LogP contribution in [-0.2, 0) is 5.41 Å². The van der Waals surface area contributed by atoms with Crippen LogP contribution in [0.4, 0.5) is 17.1 Å². The smallest absolute Gasteiger partial charge is 0.135 e. The fourth-order valence-electron chi connectivity index (χ4n) is 8.94. The van der Waals surface area contributed by atoms with Crippen LogP contribution in [0.25, 0.3) is 76.5 Å². The normalized spacial score (nSPS) is 13.2. The van der Waals surface area contributed by atoms with Crippen molar-refractivity contribution < 1.29 is 4.42 Å². The minimum absolute atomic E-state index is 0.103. The predicted molar refractivity (Wildman–Crippen MR) is 224 cm³/mol. The molecule has 0 aliphatic heterocycles. The van der Waals surface area contributed by atoms with Gasteiger partial charge in [-0.2, -0.15) is 0 Å². The van der Waals surface area contributed by atoms with Crippen LogP contribution in [0, 0.1) is 0 Å². The van der Waals surface area contributed by atoms with Crippen molar-refractivity contribution >= 4 is 71.3 Å². The van der Waals surface area contributed by atoms with Gasteiger partial charge >= 0.3 is 0 Å². The van der Waals surface area contributed by atoms with Crippen LogP contribution >= 0.6 is 0 Å². The molecule has 1 aliphatic rings. The molecule has 0 spiro atoms. The molecule has 10 aromatic rings. The van der Waals surface area contributed by atoms with Crippen molar-refractivity contribution in [2.45, 2.75) is 19.3 Å². The maximum atomic E-state index is 6.25. The number of fused-ring (bicyclic) bond motifs is 11. The molecule has 0 bridgehead atoms. The summed E-state index contributed by atoms with van der Waals surface area (Å²) < 4.78 is 6.25. The molecule has 0 N–H and O–H groups in total. The predicted octanol–water partition coefficient (Wildman–Crippen LogP) is 14.5. The lowest BCUT2D eigenvalue weighted by Gasteiger charge is -2.28. The quantitative estimate of drug-likeness (QED) is 0.172. The van der Waals surface area contributed by atoms with Gasteiger partial charge in [-0.1, -0.05) is 135 Å². The second kappa shape index (κ2) is 11.2. The van der Waals surface area contributed by atoms with Crippen molar-refractivity contribution in [1.29, 1.82) is 0 Å². The lowest BCUT2D eigenvalue weighted by molar-refractivity contribution is 0.660. The van der Waals surface area contributed by atoms with Gasteiger partial charge in [0.2, 0.25) is 0 Å². The molecule has 11 rings (SSSR count). The van der Waals surface area contributed by atoms with Gasteiger partial charge in [0, 0.05) is 33.2 Å². The number of rotatable bonds is 4. The summed E-state index contributed by atoms with van der Waals surface area (Å²) in [6.07, 6.45) is 0. The molecule has 0 atom stereocenters. The molecule has 0 saturated heterocycles. The molecule has 2 nitrogen and oxygen atoms in total. The van der Waals surface area contributed by atoms with Gasteiger partial charge in [0.1, 0.15) is 11.2 Å². The Kier molecular flexibility index (Phi) is 6.33. The first-order chi connectivity index (χ1) is 26.0. The topological polar surface area (TPSA) is 16.4 Å². The average molecular weight is 678 g/mol. The van der Waals surface area contributed by atoms with E-state index < -0.39 is 0 Å². The molecule has 2 heteroatoms. The molecule has 250 valence electrons. The Hall–Kier alpha value is -6.64. The highest BCUT2D eigenvalue weighted by Crippen LogP contribution is 2.51. The number of hydrogen-bond acceptors (Lipinski definition) is 2. The Morgan fingerprint density at radius 2 is 1.00 bits per heavy atom. The van der Waals surface area contributed by atoms with Crippen molar-refractivity contribution in [1.82, 2.24) is 0 Å². The molecule has 53 heavy (non-hydrogen) atoms. The van der Waals surface area contributed by atoms with Gasteiger partial charge in [-0.3, -0.25) is 0 Å². The van der Waals surface area contributed by atoms with Crippen LogP contribution in [0.5, 0.6) is 0 Å². The van der Waals surface area contributed by atoms with E-state index >= 15 is 0 Å². The second-order valence-corrected chi connectivity index (χ2v) is 14.9. The summed E-state index contributed by atoms with van der Waals surface area (Å²) in [7, 11) is 0. The molecule has 1 aromatic heterocycles. The largest absolute Gasteiger partial charge is 0.456 e. The summed E-state index contributed by atoms with van der Waals surface area (Å²) in [5.41, 5.74) is 12.8. The Morgan fingerprint density at radius 1 is 0.396 bits per heavy atom. The van der Waals surface area contributed by atoms with Crippen molar-refractivity contribution in [3.05, 3.63) is 187 Å². The number of furan rings is 1. The monoisotopic (exact) mass is 677 g/mol. The van der Waals surface area contributed by atoms with E-state index in [2.05, 4.69) is 183 Å². The molecular formula is C51H35NO. The zero-order valence-corrected chi connectivity index (χ0v) is 29.6. The third kappa shape index (κ3) is 4.52. The number of anilines is 3. The van der Waals surface area contributed by atoms with E-state index in [-0.39, 0.29) is 5.41 Å². The fraction of sp³-hybridized carbons (Fsp3) is 0.0588. The van der Waals surface area contributed by atoms with E-state index in [1.165, 1.54) is 65.7 Å². The van der Waals surface area contributed by atoms with E-state index in [1.807, 2.05) is 12.1 Å². The van der Waals surface area contributed by atoms with Crippen molar-refractivity contribution in [2.24, 2.45) is 0 Å². The number of hydrogen-bond donors (Lipinski definition) is 0. The van der Waals surface area contributed by atoms with E-state index in [9.17, 15) is 0 Å². The first-order valence-electron chi connectivity index (χ1n) is 18.4. The molecule has 0 saturated carbocycles. The third-order valence-corrected chi connectivity index (χ3v) is 11.6. The number of benzene rings is 9. The first-order valence-corrected chi connectivity index (χ1v) is 18.4. The SMILES string of the molecule is CC1(C)c2ccccc2-c2ccc(N(c3ccc(-c4ccc5ccc6ccc7ccccc7c6c5c4)cc3)c3ccc4oc5ccccc5c4c3)cc21. The molecule has 0 unspecified atom stereocenters. The molecule has 0 amide bonds. The van der Waals surface area contributed by atoms with Crippen molar-refractivity contribution in [3.63, 3.8) is 0 Å². The van der Waals surface area contributed by atoms with Crippen molar-refractivity contribution in [2.75, 3.05) is 4.90 Å². The molecule has 1 aliphatic carbocycles. The molecule has 0 fully saturated rings. The van der Waals surface area contributed by atoms with E-state index in [0.29, 0.717) is 0 Å². The Morgan fingerprint density at radius 3 is 1.87 bits per heavy atom. The van der Waals surface area contributed by atoms with E-state index in [4.69, 9.17) is 4.42 Å². The third-order valence-electron chi connectivity index (χ3n) is 11.6. The van der Waals surface area contributed by atoms with Gasteiger partial charge in [0.15, 0.2) is 0 Å². The minimum atomic E-state index is -0.103. The molecule has 0 radical (unpaired) electrons. The van der Waals surface area contributed by atoms with E-state index in [1.54, 1.807) is 0 Å². The highest BCUT2D eigenvalue weighted by atomic mass is 16.3. The highest BCUT2D eigenvalue weighted by Gasteiger charge is 2.35. The van der Waals surface area contributed by atoms with Gasteiger partial charge in [0.05, 0.1) is 0 Å². The summed E-state index contributed by atoms with van der Waals surface area (Å²) in [5.74, 6) is 0. The van der Waals surface area contributed by atoms with Crippen LogP contribution in [0.2, 0.25) is 0 Å². The molecule has 1 heterocycles. The number of nitrogens with zero attached hydrogens (tertiary/aromatic N) is 1. The van der Waals surface area contributed by atoms with Crippen LogP contribution in [0.3, 0.4) is 0 Å². The van der Waals surface area contributed by atoms with Gasteiger partial charge in [0.25, 0.3) is 0 Å². The maximum Gasteiger partial charge on any atom is 0.135 e. The minimum Gasteiger partial charge on any atom is -0.456 e. The highest BCUT2D eigenvalue weighted by molar-refractivity contribution is 6.20. The summed E-state index contributed by atoms with van der Waals surface area (Å²) in [6, 6.07) is 64.4. The molecule has 9 aromatic carbocycles. The second-order valence-electron chi connectivity index (χ2n) is 14.9. The van der Waals surface area contributed by atoms with Crippen LogP contribution < -0.4 is 4.90 Å². The van der Waals surface area contributed by atoms with Gasteiger partial charge in [-0.25, -0.2) is 0 Å². The summed E-state index contributed by atoms with van der Waals surface area (Å²) >= 11 is 0. The van der Waals surface area contributed by atoms with Crippen molar-refractivity contribution in [3.8, 4) is 22.3 Å². The van der Waals surface area contributed by atoms with E-state index in [0.717, 1.165) is 39.0 Å². The summed E-state index contributed by atoms with van der Waals surface area (Å²) in [6.45, 7) is 4.69. The zero-order chi connectivity index (χ0) is 35.3. The lowest BCUT2D eigenvalue weighted by atomic mass is 9.82. The van der Waals surface area contributed by atoms with Crippen LogP contribution in [-0.4, -0.2) is 0 Å². The first kappa shape index (κ1) is 30.0. The Labute approximate surface area is 308 Å². The average Bonchev–Trinajstić information content (AvgIpc) is 3.69. The summed E-state index contributed by atoms with van der Waals surface area (Å²) in [4.78, 5) is 2.39. The Bertz CT molecular complexity index is 3090. The molecular weight excluding hydrogens is 643 g/mol. The Balaban J connectivity index is 1.06. The van der Waals surface area contributed by atoms with Gasteiger partial charge in [-0.05, 0) is 120 Å². The van der Waals surface area contributed by atoms with Gasteiger partial charge in [-0.15, -0.1) is 0 Å². The van der Waals surface area contributed by atoms with Crippen LogP contribution in [0.1, 0.15) is 25.0 Å². The summed E-state index contributed by atoms with van der Waals surface area (Å²) in [5, 5.41) is 9.92. The zero-order valence-electron chi connectivity index (χ0n) is 29.6. The fourth-order valence-corrected chi connectivity index (χ4v) is 8.94. The standard InChI is InChI=1S/C51H35NO/c1-51(2)46-13-7-5-11-41(46)42-27-25-39(31-47(42)51)52(38-26-28-49-45(30-38)43-12-6-8-14-48(43)53-49)37-23-21-32(22-24-37)36-20-17-34-16-19-35-18-15-33-9-3-4-10-40(33)50(35)44(34)29-36/h3-31H,1-2H3. The lowest BCUT2D eigenvalue weighted by Crippen LogP contribution is -2.16.